The zero-order valence-electron chi connectivity index (χ0n) is 16.2. The number of nitro benzene ring substituents is 1. The van der Waals surface area contributed by atoms with Crippen molar-refractivity contribution in [2.45, 2.75) is 38.1 Å². The van der Waals surface area contributed by atoms with E-state index in [1.54, 1.807) is 24.3 Å². The molecule has 0 atom stereocenters. The summed E-state index contributed by atoms with van der Waals surface area (Å²) in [5.41, 5.74) is 2.66. The maximum absolute atomic E-state index is 11.9. The van der Waals surface area contributed by atoms with Crippen LogP contribution in [0.4, 0.5) is 5.69 Å². The van der Waals surface area contributed by atoms with E-state index >= 15 is 0 Å². The fourth-order valence-electron chi connectivity index (χ4n) is 3.32. The first-order valence-electron chi connectivity index (χ1n) is 9.54. The first kappa shape index (κ1) is 20.5. The van der Waals surface area contributed by atoms with Crippen molar-refractivity contribution in [2.24, 2.45) is 5.10 Å². The van der Waals surface area contributed by atoms with Gasteiger partial charge in [-0.25, -0.2) is 5.43 Å². The normalized spacial score (nSPS) is 14.8. The van der Waals surface area contributed by atoms with E-state index in [0.29, 0.717) is 28.9 Å². The van der Waals surface area contributed by atoms with Crippen LogP contribution in [0.15, 0.2) is 39.9 Å². The van der Waals surface area contributed by atoms with Gasteiger partial charge in [0, 0.05) is 6.04 Å². The highest BCUT2D eigenvalue weighted by molar-refractivity contribution is 5.82. The van der Waals surface area contributed by atoms with E-state index in [-0.39, 0.29) is 18.1 Å². The number of furan rings is 1. The third-order valence-electron chi connectivity index (χ3n) is 4.83. The van der Waals surface area contributed by atoms with Gasteiger partial charge in [0.1, 0.15) is 17.3 Å². The van der Waals surface area contributed by atoms with E-state index in [2.05, 4.69) is 15.8 Å². The number of carbonyl (C=O) groups is 1. The maximum atomic E-state index is 11.9. The Morgan fingerprint density at radius 1 is 1.31 bits per heavy atom. The van der Waals surface area contributed by atoms with E-state index in [0.717, 1.165) is 12.8 Å². The Morgan fingerprint density at radius 2 is 2.10 bits per heavy atom. The summed E-state index contributed by atoms with van der Waals surface area (Å²) < 4.78 is 10.6. The molecule has 3 rings (SSSR count). The van der Waals surface area contributed by atoms with Crippen molar-refractivity contribution in [2.75, 3.05) is 13.7 Å². The van der Waals surface area contributed by atoms with Gasteiger partial charge < -0.3 is 14.5 Å². The minimum Gasteiger partial charge on any atom is -0.497 e. The van der Waals surface area contributed by atoms with Gasteiger partial charge in [0.15, 0.2) is 0 Å². The fraction of sp³-hybridized carbons (Fsp3) is 0.400. The Morgan fingerprint density at radius 3 is 2.83 bits per heavy atom. The summed E-state index contributed by atoms with van der Waals surface area (Å²) in [6.07, 6.45) is 7.22. The molecule has 0 bridgehead atoms. The first-order chi connectivity index (χ1) is 14.1. The van der Waals surface area contributed by atoms with Crippen LogP contribution in [-0.2, 0) is 4.79 Å². The van der Waals surface area contributed by atoms with Crippen molar-refractivity contribution >= 4 is 17.8 Å². The highest BCUT2D eigenvalue weighted by atomic mass is 16.6. The minimum atomic E-state index is -0.492. The van der Waals surface area contributed by atoms with E-state index in [1.807, 2.05) is 0 Å². The number of carbonyl (C=O) groups excluding carboxylic acids is 1. The monoisotopic (exact) mass is 400 g/mol. The molecule has 1 aromatic carbocycles. The molecule has 1 aliphatic rings. The van der Waals surface area contributed by atoms with Crippen molar-refractivity contribution in [1.82, 2.24) is 10.7 Å². The molecule has 0 spiro atoms. The van der Waals surface area contributed by atoms with Crippen LogP contribution in [0.1, 0.15) is 37.9 Å². The number of nitrogens with one attached hydrogen (secondary N) is 2. The second kappa shape index (κ2) is 9.83. The Bertz CT molecular complexity index is 887. The van der Waals surface area contributed by atoms with E-state index in [4.69, 9.17) is 9.15 Å². The summed E-state index contributed by atoms with van der Waals surface area (Å²) in [5.74, 6) is 0.847. The molecule has 1 amide bonds. The molecule has 1 fully saturated rings. The molecule has 1 aliphatic carbocycles. The summed E-state index contributed by atoms with van der Waals surface area (Å²) in [5, 5.41) is 18.4. The lowest BCUT2D eigenvalue weighted by Gasteiger charge is -2.22. The van der Waals surface area contributed by atoms with E-state index in [9.17, 15) is 14.9 Å². The molecule has 9 nitrogen and oxygen atoms in total. The number of ether oxygens (including phenoxy) is 1. The number of amides is 1. The topological polar surface area (TPSA) is 119 Å². The summed E-state index contributed by atoms with van der Waals surface area (Å²) in [7, 11) is 1.44. The molecule has 2 N–H and O–H groups in total. The van der Waals surface area contributed by atoms with Gasteiger partial charge >= 0.3 is 0 Å². The van der Waals surface area contributed by atoms with Crippen LogP contribution in [0, 0.1) is 10.1 Å². The van der Waals surface area contributed by atoms with Crippen LogP contribution in [0.3, 0.4) is 0 Å². The molecule has 1 aromatic heterocycles. The second-order valence-electron chi connectivity index (χ2n) is 6.85. The van der Waals surface area contributed by atoms with Crippen LogP contribution in [0.5, 0.6) is 5.75 Å². The lowest BCUT2D eigenvalue weighted by molar-refractivity contribution is -0.384. The smallest absolute Gasteiger partial charge is 0.284 e. The van der Waals surface area contributed by atoms with E-state index < -0.39 is 4.92 Å². The first-order valence-corrected chi connectivity index (χ1v) is 9.54. The predicted octanol–water partition coefficient (Wildman–Crippen LogP) is 3.24. The van der Waals surface area contributed by atoms with E-state index in [1.165, 1.54) is 38.7 Å². The molecule has 154 valence electrons. The third-order valence-corrected chi connectivity index (χ3v) is 4.83. The van der Waals surface area contributed by atoms with Crippen molar-refractivity contribution < 1.29 is 18.9 Å². The Kier molecular flexibility index (Phi) is 6.96. The largest absolute Gasteiger partial charge is 0.497 e. The Hall–Kier alpha value is -3.20. The van der Waals surface area contributed by atoms with Gasteiger partial charge in [-0.1, -0.05) is 19.3 Å². The molecule has 29 heavy (non-hydrogen) atoms. The fourth-order valence-corrected chi connectivity index (χ4v) is 3.32. The number of methoxy groups -OCH3 is 1. The number of nitrogens with zero attached hydrogens (tertiary/aromatic N) is 2. The highest BCUT2D eigenvalue weighted by Crippen LogP contribution is 2.33. The van der Waals surface area contributed by atoms with Gasteiger partial charge in [-0.15, -0.1) is 0 Å². The third kappa shape index (κ3) is 5.64. The number of benzene rings is 1. The van der Waals surface area contributed by atoms with Gasteiger partial charge in [0.25, 0.3) is 11.6 Å². The van der Waals surface area contributed by atoms with Crippen molar-refractivity contribution in [3.63, 3.8) is 0 Å². The lowest BCUT2D eigenvalue weighted by atomic mass is 9.95. The van der Waals surface area contributed by atoms with Crippen molar-refractivity contribution in [1.29, 1.82) is 0 Å². The molecule has 0 saturated heterocycles. The molecule has 1 heterocycles. The van der Waals surface area contributed by atoms with Crippen LogP contribution in [-0.4, -0.2) is 36.7 Å². The van der Waals surface area contributed by atoms with Crippen molar-refractivity contribution in [3.05, 3.63) is 46.2 Å². The van der Waals surface area contributed by atoms with Gasteiger partial charge in [0.05, 0.1) is 36.4 Å². The Balaban J connectivity index is 1.57. The van der Waals surface area contributed by atoms with Crippen LogP contribution >= 0.6 is 0 Å². The summed E-state index contributed by atoms with van der Waals surface area (Å²) in [4.78, 5) is 22.7. The van der Waals surface area contributed by atoms with Crippen LogP contribution in [0.25, 0.3) is 11.3 Å². The average molecular weight is 400 g/mol. The molecule has 0 unspecified atom stereocenters. The van der Waals surface area contributed by atoms with Gasteiger partial charge in [-0.05, 0) is 37.1 Å². The van der Waals surface area contributed by atoms with Crippen LogP contribution in [0.2, 0.25) is 0 Å². The van der Waals surface area contributed by atoms with Gasteiger partial charge in [-0.3, -0.25) is 14.9 Å². The zero-order chi connectivity index (χ0) is 20.6. The second-order valence-corrected chi connectivity index (χ2v) is 6.85. The molecule has 2 aromatic rings. The molecule has 1 saturated carbocycles. The number of rotatable bonds is 8. The molecular weight excluding hydrogens is 376 g/mol. The minimum absolute atomic E-state index is 0.121. The maximum Gasteiger partial charge on any atom is 0.284 e. The molecular formula is C20H24N4O5. The summed E-state index contributed by atoms with van der Waals surface area (Å²) >= 11 is 0. The lowest BCUT2D eigenvalue weighted by Crippen LogP contribution is -2.38. The highest BCUT2D eigenvalue weighted by Gasteiger charge is 2.19. The summed E-state index contributed by atoms with van der Waals surface area (Å²) in [6.45, 7) is 0.212. The SMILES string of the molecule is COc1ccc(-c2ccc(/C=N/NC(=O)CNC3CCCCC3)o2)c([N+](=O)[O-])c1. The molecule has 0 radical (unpaired) electrons. The number of nitro groups is 1. The number of hydrogen-bond acceptors (Lipinski definition) is 7. The standard InChI is InChI=1S/C20H24N4O5/c1-28-15-7-9-17(18(11-15)24(26)27)19-10-8-16(29-19)12-22-23-20(25)13-21-14-5-3-2-4-6-14/h7-12,14,21H,2-6,13H2,1H3,(H,23,25)/b22-12+. The predicted molar refractivity (Wildman–Crippen MR) is 108 cm³/mol. The summed E-state index contributed by atoms with van der Waals surface area (Å²) in [6, 6.07) is 8.16. The van der Waals surface area contributed by atoms with Crippen molar-refractivity contribution in [3.8, 4) is 17.1 Å². The van der Waals surface area contributed by atoms with Gasteiger partial charge in [-0.2, -0.15) is 5.10 Å². The molecule has 0 aliphatic heterocycles. The number of hydrazone groups is 1. The number of hydrogen-bond donors (Lipinski definition) is 2. The average Bonchev–Trinajstić information content (AvgIpc) is 3.21. The van der Waals surface area contributed by atoms with Gasteiger partial charge in [0.2, 0.25) is 0 Å². The quantitative estimate of drug-likeness (QED) is 0.399. The Labute approximate surface area is 168 Å². The van der Waals surface area contributed by atoms with Crippen LogP contribution < -0.4 is 15.5 Å². The zero-order valence-corrected chi connectivity index (χ0v) is 16.2. The molecule has 9 heteroatoms.